The Morgan fingerprint density at radius 3 is 2.57 bits per heavy atom. The number of nitrogens with one attached hydrogen (secondary N) is 1. The summed E-state index contributed by atoms with van der Waals surface area (Å²) in [7, 11) is 1.39. The van der Waals surface area contributed by atoms with Crippen LogP contribution in [0.5, 0.6) is 11.5 Å². The molecule has 1 N–H and O–H groups in total. The number of para-hydroxylation sites is 1. The molecule has 2 aromatic carbocycles. The number of hydrogen-bond acceptors (Lipinski definition) is 8. The monoisotopic (exact) mass is 454 g/mol. The van der Waals surface area contributed by atoms with Crippen molar-refractivity contribution in [1.82, 2.24) is 4.98 Å². The average molecular weight is 455 g/mol. The molecule has 0 unspecified atom stereocenters. The lowest BCUT2D eigenvalue weighted by atomic mass is 10.3. The number of ether oxygens (including phenoxy) is 2. The second-order valence-electron chi connectivity index (χ2n) is 6.14. The Kier molecular flexibility index (Phi) is 6.68. The number of nitrogens with zero attached hydrogens (tertiary/aromatic N) is 1. The van der Waals surface area contributed by atoms with E-state index >= 15 is 0 Å². The molecule has 2 heterocycles. The van der Waals surface area contributed by atoms with E-state index in [1.165, 1.54) is 18.4 Å². The highest BCUT2D eigenvalue weighted by molar-refractivity contribution is 7.98. The summed E-state index contributed by atoms with van der Waals surface area (Å²) >= 11 is 4.60. The average Bonchev–Trinajstić information content (AvgIpc) is 3.43. The summed E-state index contributed by atoms with van der Waals surface area (Å²) in [6, 6.07) is 19.3. The first kappa shape index (κ1) is 20.5. The first-order valence-corrected chi connectivity index (χ1v) is 11.8. The summed E-state index contributed by atoms with van der Waals surface area (Å²) in [5.74, 6) is 2.03. The van der Waals surface area contributed by atoms with Crippen molar-refractivity contribution in [3.05, 3.63) is 82.0 Å². The molecule has 0 saturated heterocycles. The number of thiazole rings is 1. The molecule has 0 radical (unpaired) electrons. The second-order valence-corrected chi connectivity index (χ2v) is 8.95. The van der Waals surface area contributed by atoms with Crippen molar-refractivity contribution in [3.8, 4) is 11.5 Å². The van der Waals surface area contributed by atoms with E-state index in [9.17, 15) is 4.79 Å². The normalized spacial score (nSPS) is 10.6. The molecule has 5 nitrogen and oxygen atoms in total. The van der Waals surface area contributed by atoms with E-state index in [0.29, 0.717) is 4.88 Å². The van der Waals surface area contributed by atoms with Crippen LogP contribution in [0.25, 0.3) is 0 Å². The maximum absolute atomic E-state index is 11.5. The smallest absolute Gasteiger partial charge is 0.348 e. The third-order valence-electron chi connectivity index (χ3n) is 3.98. The minimum absolute atomic E-state index is 0.299. The fourth-order valence-corrected chi connectivity index (χ4v) is 5.22. The summed E-state index contributed by atoms with van der Waals surface area (Å²) in [5.41, 5.74) is 1.94. The van der Waals surface area contributed by atoms with Gasteiger partial charge in [-0.3, -0.25) is 0 Å². The Balaban J connectivity index is 1.31. The minimum Gasteiger partial charge on any atom is -0.465 e. The van der Waals surface area contributed by atoms with E-state index in [2.05, 4.69) is 10.3 Å². The van der Waals surface area contributed by atoms with E-state index in [1.54, 1.807) is 23.1 Å². The van der Waals surface area contributed by atoms with Crippen molar-refractivity contribution < 1.29 is 14.3 Å². The highest BCUT2D eigenvalue weighted by Gasteiger charge is 2.10. The molecule has 0 atom stereocenters. The molecule has 0 aliphatic heterocycles. The van der Waals surface area contributed by atoms with Gasteiger partial charge >= 0.3 is 5.97 Å². The highest BCUT2D eigenvalue weighted by Crippen LogP contribution is 2.30. The number of methoxy groups -OCH3 is 1. The number of aromatic nitrogens is 1. The molecular formula is C22H18N2O3S3. The Bertz CT molecular complexity index is 1110. The third-order valence-corrected chi connectivity index (χ3v) is 6.86. The SMILES string of the molecule is COC(=O)c1cc(SCc2csc(Nc3ccc(Oc4ccccc4)cc3)n2)cs1. The van der Waals surface area contributed by atoms with E-state index in [-0.39, 0.29) is 5.97 Å². The summed E-state index contributed by atoms with van der Waals surface area (Å²) in [6.45, 7) is 0. The van der Waals surface area contributed by atoms with Gasteiger partial charge in [-0.15, -0.1) is 34.4 Å². The molecule has 2 aromatic heterocycles. The minimum atomic E-state index is -0.299. The molecule has 0 amide bonds. The van der Waals surface area contributed by atoms with Crippen LogP contribution in [0.1, 0.15) is 15.4 Å². The van der Waals surface area contributed by atoms with Gasteiger partial charge in [0, 0.05) is 27.1 Å². The van der Waals surface area contributed by atoms with Crippen LogP contribution in [0.15, 0.2) is 76.3 Å². The number of hydrogen-bond donors (Lipinski definition) is 1. The van der Waals surface area contributed by atoms with Crippen molar-refractivity contribution in [2.75, 3.05) is 12.4 Å². The molecule has 8 heteroatoms. The molecule has 0 aliphatic rings. The predicted molar refractivity (Wildman–Crippen MR) is 124 cm³/mol. The van der Waals surface area contributed by atoms with Gasteiger partial charge in [-0.1, -0.05) is 18.2 Å². The number of anilines is 2. The highest BCUT2D eigenvalue weighted by atomic mass is 32.2. The van der Waals surface area contributed by atoms with E-state index in [4.69, 9.17) is 9.47 Å². The molecule has 0 spiro atoms. The Hall–Kier alpha value is -2.81. The van der Waals surface area contributed by atoms with E-state index in [1.807, 2.05) is 71.4 Å². The van der Waals surface area contributed by atoms with Crippen LogP contribution in [-0.2, 0) is 10.5 Å². The van der Waals surface area contributed by atoms with Gasteiger partial charge in [-0.05, 0) is 42.5 Å². The topological polar surface area (TPSA) is 60.5 Å². The lowest BCUT2D eigenvalue weighted by molar-refractivity contribution is 0.0606. The number of carbonyl (C=O) groups is 1. The molecule has 0 bridgehead atoms. The molecule has 30 heavy (non-hydrogen) atoms. The van der Waals surface area contributed by atoms with Gasteiger partial charge in [-0.2, -0.15) is 0 Å². The van der Waals surface area contributed by atoms with Crippen LogP contribution in [0.3, 0.4) is 0 Å². The molecule has 0 fully saturated rings. The van der Waals surface area contributed by atoms with Crippen molar-refractivity contribution in [2.24, 2.45) is 0 Å². The number of carbonyl (C=O) groups excluding carboxylic acids is 1. The quantitative estimate of drug-likeness (QED) is 0.233. The van der Waals surface area contributed by atoms with E-state index < -0.39 is 0 Å². The van der Waals surface area contributed by atoms with Crippen molar-refractivity contribution in [3.63, 3.8) is 0 Å². The Morgan fingerprint density at radius 2 is 1.80 bits per heavy atom. The van der Waals surface area contributed by atoms with Crippen LogP contribution in [-0.4, -0.2) is 18.1 Å². The molecule has 152 valence electrons. The third kappa shape index (κ3) is 5.41. The zero-order valence-corrected chi connectivity index (χ0v) is 18.5. The lowest BCUT2D eigenvalue weighted by Gasteiger charge is -2.07. The molecule has 4 aromatic rings. The van der Waals surface area contributed by atoms with Crippen LogP contribution < -0.4 is 10.1 Å². The molecule has 0 aliphatic carbocycles. The molecule has 4 rings (SSSR count). The summed E-state index contributed by atoms with van der Waals surface area (Å²) in [6.07, 6.45) is 0. The Labute approximate surface area is 186 Å². The molecule has 0 saturated carbocycles. The van der Waals surface area contributed by atoms with Gasteiger partial charge in [-0.25, -0.2) is 9.78 Å². The van der Waals surface area contributed by atoms with Crippen molar-refractivity contribution >= 4 is 51.2 Å². The Morgan fingerprint density at radius 1 is 1.03 bits per heavy atom. The fraction of sp³-hybridized carbons (Fsp3) is 0.0909. The molecular weight excluding hydrogens is 436 g/mol. The standard InChI is InChI=1S/C22H18N2O3S3/c1-26-21(25)20-11-19(14-29-20)28-12-16-13-30-22(24-16)23-15-7-9-18(10-8-15)27-17-5-3-2-4-6-17/h2-11,13-14H,12H2,1H3,(H,23,24). The van der Waals surface area contributed by atoms with Crippen LogP contribution >= 0.6 is 34.4 Å². The van der Waals surface area contributed by atoms with Gasteiger partial charge in [0.2, 0.25) is 0 Å². The van der Waals surface area contributed by atoms with Crippen molar-refractivity contribution in [1.29, 1.82) is 0 Å². The maximum atomic E-state index is 11.5. The van der Waals surface area contributed by atoms with Gasteiger partial charge < -0.3 is 14.8 Å². The van der Waals surface area contributed by atoms with Crippen molar-refractivity contribution in [2.45, 2.75) is 10.6 Å². The number of esters is 1. The number of thiophene rings is 1. The predicted octanol–water partition coefficient (Wildman–Crippen LogP) is 6.82. The fourth-order valence-electron chi connectivity index (χ4n) is 2.54. The lowest BCUT2D eigenvalue weighted by Crippen LogP contribution is -1.96. The number of benzene rings is 2. The summed E-state index contributed by atoms with van der Waals surface area (Å²) < 4.78 is 10.6. The largest absolute Gasteiger partial charge is 0.465 e. The number of rotatable bonds is 8. The van der Waals surface area contributed by atoms with Crippen LogP contribution in [0.2, 0.25) is 0 Å². The van der Waals surface area contributed by atoms with Gasteiger partial charge in [0.25, 0.3) is 0 Å². The first-order valence-electron chi connectivity index (χ1n) is 9.03. The summed E-state index contributed by atoms with van der Waals surface area (Å²) in [5, 5.41) is 8.16. The first-order chi connectivity index (χ1) is 14.7. The van der Waals surface area contributed by atoms with Crippen LogP contribution in [0.4, 0.5) is 10.8 Å². The summed E-state index contributed by atoms with van der Waals surface area (Å²) in [4.78, 5) is 17.8. The van der Waals surface area contributed by atoms with Gasteiger partial charge in [0.15, 0.2) is 5.13 Å². The zero-order chi connectivity index (χ0) is 20.8. The number of thioether (sulfide) groups is 1. The zero-order valence-electron chi connectivity index (χ0n) is 16.0. The second kappa shape index (κ2) is 9.80. The van der Waals surface area contributed by atoms with Gasteiger partial charge in [0.1, 0.15) is 16.4 Å². The van der Waals surface area contributed by atoms with E-state index in [0.717, 1.165) is 38.7 Å². The maximum Gasteiger partial charge on any atom is 0.348 e. The van der Waals surface area contributed by atoms with Gasteiger partial charge in [0.05, 0.1) is 12.8 Å². The van der Waals surface area contributed by atoms with Crippen LogP contribution in [0, 0.1) is 0 Å².